The van der Waals surface area contributed by atoms with Crippen LogP contribution in [0.15, 0.2) is 35.4 Å². The summed E-state index contributed by atoms with van der Waals surface area (Å²) in [5.74, 6) is 1.59. The average molecular weight is 436 g/mol. The Morgan fingerprint density at radius 3 is 2.37 bits per heavy atom. The maximum absolute atomic E-state index is 13.4. The second-order valence-electron chi connectivity index (χ2n) is 7.03. The van der Waals surface area contributed by atoms with E-state index in [0.717, 1.165) is 11.5 Å². The molecule has 1 aliphatic heterocycles. The van der Waals surface area contributed by atoms with E-state index < -0.39 is 10.0 Å². The number of sulfonamides is 1. The lowest BCUT2D eigenvalue weighted by Crippen LogP contribution is -2.49. The lowest BCUT2D eigenvalue weighted by molar-refractivity contribution is 0.319. The van der Waals surface area contributed by atoms with Crippen LogP contribution in [-0.2, 0) is 10.0 Å². The molecule has 1 saturated heterocycles. The number of aromatic nitrogens is 2. The summed E-state index contributed by atoms with van der Waals surface area (Å²) in [6.45, 7) is 6.28. The molecule has 2 aromatic rings. The Morgan fingerprint density at radius 2 is 1.73 bits per heavy atom. The molecule has 0 radical (unpaired) electrons. The molecule has 2 heterocycles. The van der Waals surface area contributed by atoms with Crippen molar-refractivity contribution in [3.63, 3.8) is 0 Å². The first-order valence-electron chi connectivity index (χ1n) is 10.0. The highest BCUT2D eigenvalue weighted by atomic mass is 32.2. The van der Waals surface area contributed by atoms with Gasteiger partial charge in [-0.05, 0) is 26.0 Å². The van der Waals surface area contributed by atoms with Gasteiger partial charge in [-0.25, -0.2) is 8.42 Å². The minimum atomic E-state index is -3.73. The Morgan fingerprint density at radius 1 is 1.03 bits per heavy atom. The zero-order chi connectivity index (χ0) is 21.7. The van der Waals surface area contributed by atoms with Gasteiger partial charge < -0.3 is 19.3 Å². The molecule has 10 heteroatoms. The molecule has 0 saturated carbocycles. The largest absolute Gasteiger partial charge is 0.494 e. The molecule has 30 heavy (non-hydrogen) atoms. The predicted molar refractivity (Wildman–Crippen MR) is 116 cm³/mol. The fourth-order valence-corrected chi connectivity index (χ4v) is 4.83. The van der Waals surface area contributed by atoms with E-state index in [9.17, 15) is 8.42 Å². The van der Waals surface area contributed by atoms with Crippen molar-refractivity contribution in [2.45, 2.75) is 18.7 Å². The number of hydrogen-bond acceptors (Lipinski definition) is 8. The van der Waals surface area contributed by atoms with Crippen molar-refractivity contribution in [2.24, 2.45) is 0 Å². The fraction of sp³-hybridized carbons (Fsp3) is 0.500. The summed E-state index contributed by atoms with van der Waals surface area (Å²) in [7, 11) is 0.159. The second kappa shape index (κ2) is 9.48. The predicted octanol–water partition coefficient (Wildman–Crippen LogP) is 1.85. The SMILES string of the molecule is CCOc1ccc(OCC)c(S(=O)(=O)N2CCN(c3cc(N(C)C)cnn3)CC2)c1. The number of hydrogen-bond donors (Lipinski definition) is 0. The number of anilines is 2. The third-order valence-electron chi connectivity index (χ3n) is 4.85. The fourth-order valence-electron chi connectivity index (χ4n) is 3.26. The molecule has 1 aromatic carbocycles. The quantitative estimate of drug-likeness (QED) is 0.621. The highest BCUT2D eigenvalue weighted by Crippen LogP contribution is 2.32. The summed E-state index contributed by atoms with van der Waals surface area (Å²) >= 11 is 0. The van der Waals surface area contributed by atoms with Gasteiger partial charge in [0.15, 0.2) is 5.82 Å². The standard InChI is InChI=1S/C20H29N5O4S/c1-5-28-17-7-8-18(29-6-2)19(14-17)30(26,27)25-11-9-24(10-12-25)20-13-16(23(3)4)15-21-22-20/h7-8,13-15H,5-6,9-12H2,1-4H3. The molecule has 1 aromatic heterocycles. The Bertz CT molecular complexity index is 959. The summed E-state index contributed by atoms with van der Waals surface area (Å²) in [5.41, 5.74) is 0.948. The van der Waals surface area contributed by atoms with Crippen molar-refractivity contribution >= 4 is 21.5 Å². The molecule has 1 aliphatic rings. The first-order valence-corrected chi connectivity index (χ1v) is 11.5. The highest BCUT2D eigenvalue weighted by molar-refractivity contribution is 7.89. The number of benzene rings is 1. The molecule has 0 amide bonds. The van der Waals surface area contributed by atoms with Crippen molar-refractivity contribution in [3.05, 3.63) is 30.5 Å². The van der Waals surface area contributed by atoms with Crippen molar-refractivity contribution in [3.8, 4) is 11.5 Å². The average Bonchev–Trinajstić information content (AvgIpc) is 2.75. The molecule has 0 bridgehead atoms. The van der Waals surface area contributed by atoms with Crippen LogP contribution in [0, 0.1) is 0 Å². The summed E-state index contributed by atoms with van der Waals surface area (Å²) in [6.07, 6.45) is 1.70. The monoisotopic (exact) mass is 435 g/mol. The van der Waals surface area contributed by atoms with E-state index in [1.165, 1.54) is 4.31 Å². The van der Waals surface area contributed by atoms with Crippen molar-refractivity contribution < 1.29 is 17.9 Å². The van der Waals surface area contributed by atoms with E-state index >= 15 is 0 Å². The van der Waals surface area contributed by atoms with Gasteiger partial charge in [-0.2, -0.15) is 9.40 Å². The molecule has 1 fully saturated rings. The van der Waals surface area contributed by atoms with Crippen LogP contribution in [0.2, 0.25) is 0 Å². The molecule has 0 spiro atoms. The Kier molecular flexibility index (Phi) is 6.99. The summed E-state index contributed by atoms with van der Waals surface area (Å²) in [5, 5.41) is 8.27. The van der Waals surface area contributed by atoms with E-state index in [0.29, 0.717) is 50.9 Å². The van der Waals surface area contributed by atoms with Gasteiger partial charge in [0.2, 0.25) is 10.0 Å². The summed E-state index contributed by atoms with van der Waals surface area (Å²) < 4.78 is 39.3. The first-order chi connectivity index (χ1) is 14.4. The van der Waals surface area contributed by atoms with Crippen LogP contribution in [0.3, 0.4) is 0 Å². The Hall–Kier alpha value is -2.59. The van der Waals surface area contributed by atoms with Gasteiger partial charge in [-0.3, -0.25) is 0 Å². The molecule has 0 N–H and O–H groups in total. The van der Waals surface area contributed by atoms with E-state index in [-0.39, 0.29) is 4.90 Å². The maximum atomic E-state index is 13.4. The van der Waals surface area contributed by atoms with Crippen molar-refractivity contribution in [1.29, 1.82) is 0 Å². The number of nitrogens with zero attached hydrogens (tertiary/aromatic N) is 5. The minimum Gasteiger partial charge on any atom is -0.494 e. The van der Waals surface area contributed by atoms with Crippen molar-refractivity contribution in [1.82, 2.24) is 14.5 Å². The van der Waals surface area contributed by atoms with Crippen LogP contribution in [0.4, 0.5) is 11.5 Å². The summed E-state index contributed by atoms with van der Waals surface area (Å²) in [4.78, 5) is 4.14. The third kappa shape index (κ3) is 4.76. The molecule has 0 unspecified atom stereocenters. The van der Waals surface area contributed by atoms with Gasteiger partial charge in [-0.1, -0.05) is 0 Å². The molecule has 3 rings (SSSR count). The van der Waals surface area contributed by atoms with Gasteiger partial charge in [0.25, 0.3) is 0 Å². The van der Waals surface area contributed by atoms with E-state index in [4.69, 9.17) is 9.47 Å². The molecule has 0 aliphatic carbocycles. The Labute approximate surface area is 178 Å². The number of piperazine rings is 1. The van der Waals surface area contributed by atoms with Crippen molar-refractivity contribution in [2.75, 3.05) is 63.3 Å². The van der Waals surface area contributed by atoms with Crippen LogP contribution in [-0.4, -0.2) is 76.4 Å². The number of rotatable bonds is 8. The van der Waals surface area contributed by atoms with E-state index in [1.54, 1.807) is 24.4 Å². The molecule has 9 nitrogen and oxygen atoms in total. The lowest BCUT2D eigenvalue weighted by atomic mass is 10.3. The Balaban J connectivity index is 1.79. The van der Waals surface area contributed by atoms with E-state index in [2.05, 4.69) is 10.2 Å². The maximum Gasteiger partial charge on any atom is 0.247 e. The zero-order valence-electron chi connectivity index (χ0n) is 17.9. The highest BCUT2D eigenvalue weighted by Gasteiger charge is 2.32. The minimum absolute atomic E-state index is 0.137. The number of ether oxygens (including phenoxy) is 2. The van der Waals surface area contributed by atoms with Gasteiger partial charge in [0, 0.05) is 52.4 Å². The molecular formula is C20H29N5O4S. The normalized spacial score (nSPS) is 15.1. The molecule has 0 atom stereocenters. The van der Waals surface area contributed by atoms with E-state index in [1.807, 2.05) is 43.8 Å². The van der Waals surface area contributed by atoms with Crippen LogP contribution >= 0.6 is 0 Å². The van der Waals surface area contributed by atoms with Crippen LogP contribution in [0.1, 0.15) is 13.8 Å². The van der Waals surface area contributed by atoms with Gasteiger partial charge >= 0.3 is 0 Å². The van der Waals surface area contributed by atoms with Crippen LogP contribution < -0.4 is 19.3 Å². The molecule has 164 valence electrons. The molecular weight excluding hydrogens is 406 g/mol. The van der Waals surface area contributed by atoms with Gasteiger partial charge in [0.05, 0.1) is 25.1 Å². The topological polar surface area (TPSA) is 88.1 Å². The second-order valence-corrected chi connectivity index (χ2v) is 8.94. The third-order valence-corrected chi connectivity index (χ3v) is 6.77. The van der Waals surface area contributed by atoms with Gasteiger partial charge in [0.1, 0.15) is 16.4 Å². The first kappa shape index (κ1) is 22.1. The smallest absolute Gasteiger partial charge is 0.247 e. The lowest BCUT2D eigenvalue weighted by Gasteiger charge is -2.34. The zero-order valence-corrected chi connectivity index (χ0v) is 18.7. The summed E-state index contributed by atoms with van der Waals surface area (Å²) in [6, 6.07) is 6.87. The van der Waals surface area contributed by atoms with Crippen LogP contribution in [0.25, 0.3) is 0 Å². The van der Waals surface area contributed by atoms with Gasteiger partial charge in [-0.15, -0.1) is 5.10 Å². The van der Waals surface area contributed by atoms with Crippen LogP contribution in [0.5, 0.6) is 11.5 Å².